The van der Waals surface area contributed by atoms with E-state index in [1.807, 2.05) is 0 Å². The van der Waals surface area contributed by atoms with Crippen molar-refractivity contribution in [3.8, 4) is 0 Å². The first kappa shape index (κ1) is 17.4. The quantitative estimate of drug-likeness (QED) is 0.666. The number of aryl methyl sites for hydroxylation is 1. The summed E-state index contributed by atoms with van der Waals surface area (Å²) in [7, 11) is 0. The van der Waals surface area contributed by atoms with E-state index >= 15 is 0 Å². The molecule has 0 bridgehead atoms. The van der Waals surface area contributed by atoms with Crippen molar-refractivity contribution >= 4 is 11.8 Å². The third kappa shape index (κ3) is 5.03. The van der Waals surface area contributed by atoms with Gasteiger partial charge in [-0.1, -0.05) is 6.07 Å². The Kier molecular flexibility index (Phi) is 5.36. The molecule has 0 spiro atoms. The van der Waals surface area contributed by atoms with Gasteiger partial charge in [0.05, 0.1) is 12.0 Å². The number of hydrogen-bond acceptors (Lipinski definition) is 3. The maximum absolute atomic E-state index is 13.4. The van der Waals surface area contributed by atoms with Crippen LogP contribution in [0.25, 0.3) is 0 Å². The van der Waals surface area contributed by atoms with Gasteiger partial charge >= 0.3 is 0 Å². The third-order valence-corrected chi connectivity index (χ3v) is 4.14. The van der Waals surface area contributed by atoms with E-state index in [9.17, 15) is 19.1 Å². The lowest BCUT2D eigenvalue weighted by Crippen LogP contribution is -2.39. The summed E-state index contributed by atoms with van der Waals surface area (Å²) >= 11 is 0. The zero-order chi connectivity index (χ0) is 17.0. The molecule has 2 rings (SSSR count). The summed E-state index contributed by atoms with van der Waals surface area (Å²) < 4.78 is 13.4. The van der Waals surface area contributed by atoms with Crippen LogP contribution in [0, 0.1) is 18.7 Å². The van der Waals surface area contributed by atoms with Crippen LogP contribution in [0.5, 0.6) is 0 Å². The first-order valence-corrected chi connectivity index (χ1v) is 7.83. The van der Waals surface area contributed by atoms with E-state index in [0.29, 0.717) is 5.56 Å². The van der Waals surface area contributed by atoms with Crippen molar-refractivity contribution in [3.63, 3.8) is 0 Å². The van der Waals surface area contributed by atoms with Crippen LogP contribution in [0.3, 0.4) is 0 Å². The van der Waals surface area contributed by atoms with E-state index in [1.54, 1.807) is 26.0 Å². The van der Waals surface area contributed by atoms with Gasteiger partial charge in [0.15, 0.2) is 0 Å². The molecule has 0 heterocycles. The smallest absolute Gasteiger partial charge is 0.251 e. The maximum atomic E-state index is 13.4. The monoisotopic (exact) mass is 322 g/mol. The largest absolute Gasteiger partial charge is 0.389 e. The van der Waals surface area contributed by atoms with Crippen LogP contribution in [0.2, 0.25) is 0 Å². The van der Waals surface area contributed by atoms with E-state index < -0.39 is 11.4 Å². The maximum Gasteiger partial charge on any atom is 0.251 e. The Balaban J connectivity index is 1.69. The van der Waals surface area contributed by atoms with Crippen molar-refractivity contribution in [1.29, 1.82) is 0 Å². The average molecular weight is 322 g/mol. The van der Waals surface area contributed by atoms with Gasteiger partial charge in [-0.15, -0.1) is 0 Å². The second-order valence-corrected chi connectivity index (χ2v) is 6.38. The first-order valence-electron chi connectivity index (χ1n) is 7.83. The van der Waals surface area contributed by atoms with Gasteiger partial charge in [0.25, 0.3) is 5.91 Å². The van der Waals surface area contributed by atoms with Crippen LogP contribution < -0.4 is 10.6 Å². The van der Waals surface area contributed by atoms with Crippen molar-refractivity contribution in [3.05, 3.63) is 35.1 Å². The average Bonchev–Trinajstić information content (AvgIpc) is 3.31. The van der Waals surface area contributed by atoms with Gasteiger partial charge in [-0.05, 0) is 50.3 Å². The Morgan fingerprint density at radius 3 is 2.57 bits per heavy atom. The number of carbonyl (C=O) groups excluding carboxylic acids is 2. The summed E-state index contributed by atoms with van der Waals surface area (Å²) in [6.45, 7) is 3.81. The summed E-state index contributed by atoms with van der Waals surface area (Å²) in [6.07, 6.45) is 1.99. The van der Waals surface area contributed by atoms with E-state index in [0.717, 1.165) is 12.8 Å². The summed E-state index contributed by atoms with van der Waals surface area (Å²) in [5.41, 5.74) is -0.222. The first-order chi connectivity index (χ1) is 10.8. The highest BCUT2D eigenvalue weighted by atomic mass is 19.1. The number of benzene rings is 1. The van der Waals surface area contributed by atoms with Crippen LogP contribution in [0.1, 0.15) is 42.1 Å². The fraction of sp³-hybridized carbons (Fsp3) is 0.529. The van der Waals surface area contributed by atoms with Crippen LogP contribution in [0.15, 0.2) is 18.2 Å². The normalized spacial score (nSPS) is 16.5. The summed E-state index contributed by atoms with van der Waals surface area (Å²) in [5, 5.41) is 15.4. The van der Waals surface area contributed by atoms with Crippen LogP contribution in [-0.2, 0) is 4.79 Å². The molecule has 3 N–H and O–H groups in total. The Labute approximate surface area is 135 Å². The van der Waals surface area contributed by atoms with Gasteiger partial charge in [-0.2, -0.15) is 0 Å². The lowest BCUT2D eigenvalue weighted by molar-refractivity contribution is -0.126. The molecule has 0 saturated heterocycles. The second-order valence-electron chi connectivity index (χ2n) is 6.38. The Hall–Kier alpha value is -1.95. The van der Waals surface area contributed by atoms with Gasteiger partial charge in [-0.3, -0.25) is 9.59 Å². The number of carbonyl (C=O) groups is 2. The molecule has 0 aliphatic heterocycles. The van der Waals surface area contributed by atoms with Crippen molar-refractivity contribution in [1.82, 2.24) is 10.6 Å². The molecule has 5 nitrogen and oxygen atoms in total. The molecule has 0 unspecified atom stereocenters. The number of hydrogen-bond donors (Lipinski definition) is 3. The minimum atomic E-state index is -0.952. The van der Waals surface area contributed by atoms with Crippen LogP contribution in [0.4, 0.5) is 4.39 Å². The van der Waals surface area contributed by atoms with Crippen molar-refractivity contribution < 1.29 is 19.1 Å². The molecular weight excluding hydrogens is 299 g/mol. The topological polar surface area (TPSA) is 78.4 Å². The van der Waals surface area contributed by atoms with Crippen molar-refractivity contribution in [2.75, 3.05) is 13.1 Å². The molecule has 6 heteroatoms. The van der Waals surface area contributed by atoms with Crippen molar-refractivity contribution in [2.24, 2.45) is 5.92 Å². The lowest BCUT2D eigenvalue weighted by atomic mass is 9.96. The Morgan fingerprint density at radius 2 is 1.96 bits per heavy atom. The molecule has 1 atom stereocenters. The molecule has 1 aromatic carbocycles. The molecule has 0 aromatic heterocycles. The van der Waals surface area contributed by atoms with Gasteiger partial charge in [-0.25, -0.2) is 4.39 Å². The standard InChI is InChI=1S/C17H23FN2O3/c1-11-3-4-12(9-14(11)18)16(22)20-8-7-19-15(21)10-17(2,23)13-5-6-13/h3-4,9,13,23H,5-8,10H2,1-2H3,(H,19,21)(H,20,22)/t17-/m0/s1. The molecule has 1 aromatic rings. The molecule has 1 aliphatic rings. The highest BCUT2D eigenvalue weighted by molar-refractivity contribution is 5.94. The molecule has 0 radical (unpaired) electrons. The number of amides is 2. The SMILES string of the molecule is Cc1ccc(C(=O)NCCNC(=O)C[C@](C)(O)C2CC2)cc1F. The Morgan fingerprint density at radius 1 is 1.30 bits per heavy atom. The summed E-state index contributed by atoms with van der Waals surface area (Å²) in [5.74, 6) is -0.835. The van der Waals surface area contributed by atoms with E-state index in [2.05, 4.69) is 10.6 Å². The fourth-order valence-corrected chi connectivity index (χ4v) is 2.45. The predicted octanol–water partition coefficient (Wildman–Crippen LogP) is 1.53. The number of halogens is 1. The molecule has 1 fully saturated rings. The zero-order valence-electron chi connectivity index (χ0n) is 13.5. The summed E-state index contributed by atoms with van der Waals surface area (Å²) in [6, 6.07) is 4.29. The molecule has 1 aliphatic carbocycles. The minimum Gasteiger partial charge on any atom is -0.389 e. The van der Waals surface area contributed by atoms with Gasteiger partial charge in [0.1, 0.15) is 5.82 Å². The van der Waals surface area contributed by atoms with E-state index in [-0.39, 0.29) is 42.8 Å². The highest BCUT2D eigenvalue weighted by Gasteiger charge is 2.41. The molecular formula is C17H23FN2O3. The lowest BCUT2D eigenvalue weighted by Gasteiger charge is -2.22. The second kappa shape index (κ2) is 7.08. The summed E-state index contributed by atoms with van der Waals surface area (Å²) in [4.78, 5) is 23.6. The molecule has 126 valence electrons. The number of aliphatic hydroxyl groups is 1. The third-order valence-electron chi connectivity index (χ3n) is 4.14. The number of rotatable bonds is 7. The molecule has 23 heavy (non-hydrogen) atoms. The fourth-order valence-electron chi connectivity index (χ4n) is 2.45. The minimum absolute atomic E-state index is 0.0643. The van der Waals surface area contributed by atoms with Crippen molar-refractivity contribution in [2.45, 2.75) is 38.7 Å². The Bertz CT molecular complexity index is 598. The number of nitrogens with one attached hydrogen (secondary N) is 2. The highest BCUT2D eigenvalue weighted by Crippen LogP contribution is 2.41. The molecule has 1 saturated carbocycles. The van der Waals surface area contributed by atoms with E-state index in [4.69, 9.17) is 0 Å². The van der Waals surface area contributed by atoms with Crippen LogP contribution in [-0.4, -0.2) is 35.6 Å². The van der Waals surface area contributed by atoms with Gasteiger partial charge in [0.2, 0.25) is 5.91 Å². The predicted molar refractivity (Wildman–Crippen MR) is 84.4 cm³/mol. The molecule has 2 amide bonds. The van der Waals surface area contributed by atoms with Crippen LogP contribution >= 0.6 is 0 Å². The zero-order valence-corrected chi connectivity index (χ0v) is 13.5. The van der Waals surface area contributed by atoms with Gasteiger partial charge < -0.3 is 15.7 Å². The van der Waals surface area contributed by atoms with E-state index in [1.165, 1.54) is 6.07 Å². The van der Waals surface area contributed by atoms with Gasteiger partial charge in [0, 0.05) is 18.7 Å².